The SMILES string of the molecule is CC1=CC=C(O)C(C(C)(C)C)(C(C)(C)C)C1. The lowest BCUT2D eigenvalue weighted by molar-refractivity contribution is -0.0319. The third-order valence-electron chi connectivity index (χ3n) is 4.07. The highest BCUT2D eigenvalue weighted by Crippen LogP contribution is 2.59. The second kappa shape index (κ2) is 3.65. The van der Waals surface area contributed by atoms with Crippen molar-refractivity contribution < 1.29 is 5.11 Å². The van der Waals surface area contributed by atoms with Crippen LogP contribution in [0.15, 0.2) is 23.5 Å². The Morgan fingerprint density at radius 2 is 1.44 bits per heavy atom. The molecule has 0 aliphatic heterocycles. The molecule has 1 N–H and O–H groups in total. The quantitative estimate of drug-likeness (QED) is 0.620. The van der Waals surface area contributed by atoms with Gasteiger partial charge >= 0.3 is 0 Å². The third kappa shape index (κ3) is 1.81. The predicted octanol–water partition coefficient (Wildman–Crippen LogP) is 4.86. The highest BCUT2D eigenvalue weighted by molar-refractivity contribution is 5.30. The van der Waals surface area contributed by atoms with Gasteiger partial charge in [0.2, 0.25) is 0 Å². The van der Waals surface area contributed by atoms with E-state index in [-0.39, 0.29) is 16.2 Å². The average Bonchev–Trinajstić information content (AvgIpc) is 2.04. The molecule has 1 nitrogen and oxygen atoms in total. The average molecular weight is 222 g/mol. The largest absolute Gasteiger partial charge is 0.512 e. The number of aliphatic hydroxyl groups is 1. The van der Waals surface area contributed by atoms with Gasteiger partial charge in [0.05, 0.1) is 5.76 Å². The van der Waals surface area contributed by atoms with Crippen LogP contribution in [0, 0.1) is 16.2 Å². The molecule has 1 aliphatic rings. The van der Waals surface area contributed by atoms with Crippen LogP contribution >= 0.6 is 0 Å². The summed E-state index contributed by atoms with van der Waals surface area (Å²) in [6.07, 6.45) is 4.86. The van der Waals surface area contributed by atoms with Crippen LogP contribution in [0.4, 0.5) is 0 Å². The second-order valence-corrected chi connectivity index (χ2v) is 7.15. The molecule has 0 aromatic carbocycles. The van der Waals surface area contributed by atoms with Crippen molar-refractivity contribution in [3.05, 3.63) is 23.5 Å². The standard InChI is InChI=1S/C15H26O/c1-11-8-9-12(16)15(10-11,13(2,3)4)14(5,6)7/h8-9,16H,10H2,1-7H3. The lowest BCUT2D eigenvalue weighted by Crippen LogP contribution is -2.48. The summed E-state index contributed by atoms with van der Waals surface area (Å²) >= 11 is 0. The van der Waals surface area contributed by atoms with E-state index in [1.54, 1.807) is 0 Å². The minimum atomic E-state index is -0.168. The molecule has 0 atom stereocenters. The summed E-state index contributed by atoms with van der Waals surface area (Å²) in [6, 6.07) is 0. The Balaban J connectivity index is 3.40. The first-order valence-corrected chi connectivity index (χ1v) is 6.09. The molecule has 0 fully saturated rings. The molecule has 0 amide bonds. The summed E-state index contributed by atoms with van der Waals surface area (Å²) in [5, 5.41) is 10.4. The van der Waals surface area contributed by atoms with Gasteiger partial charge in [-0.3, -0.25) is 0 Å². The minimum absolute atomic E-state index is 0.0430. The van der Waals surface area contributed by atoms with Gasteiger partial charge in [-0.2, -0.15) is 0 Å². The van der Waals surface area contributed by atoms with E-state index in [0.29, 0.717) is 5.76 Å². The Hall–Kier alpha value is -0.720. The van der Waals surface area contributed by atoms with Crippen molar-refractivity contribution >= 4 is 0 Å². The van der Waals surface area contributed by atoms with Crippen molar-refractivity contribution in [2.45, 2.75) is 54.9 Å². The molecule has 0 heterocycles. The molecule has 0 bridgehead atoms. The van der Waals surface area contributed by atoms with Crippen molar-refractivity contribution in [3.8, 4) is 0 Å². The van der Waals surface area contributed by atoms with Gasteiger partial charge in [-0.1, -0.05) is 53.2 Å². The molecule has 0 saturated carbocycles. The number of rotatable bonds is 0. The topological polar surface area (TPSA) is 20.2 Å². The maximum atomic E-state index is 10.4. The minimum Gasteiger partial charge on any atom is -0.512 e. The number of hydrogen-bond acceptors (Lipinski definition) is 1. The second-order valence-electron chi connectivity index (χ2n) is 7.15. The van der Waals surface area contributed by atoms with Crippen LogP contribution in [-0.4, -0.2) is 5.11 Å². The van der Waals surface area contributed by atoms with Gasteiger partial charge < -0.3 is 5.11 Å². The molecule has 0 spiro atoms. The predicted molar refractivity (Wildman–Crippen MR) is 70.4 cm³/mol. The Kier molecular flexibility index (Phi) is 3.04. The molecule has 0 saturated heterocycles. The van der Waals surface area contributed by atoms with Crippen molar-refractivity contribution in [1.29, 1.82) is 0 Å². The van der Waals surface area contributed by atoms with Gasteiger partial charge in [0.25, 0.3) is 0 Å². The van der Waals surface area contributed by atoms with Crippen LogP contribution in [0.5, 0.6) is 0 Å². The van der Waals surface area contributed by atoms with E-state index >= 15 is 0 Å². The number of aliphatic hydroxyl groups excluding tert-OH is 1. The van der Waals surface area contributed by atoms with E-state index in [2.05, 4.69) is 48.5 Å². The molecule has 92 valence electrons. The fraction of sp³-hybridized carbons (Fsp3) is 0.733. The van der Waals surface area contributed by atoms with Crippen LogP contribution < -0.4 is 0 Å². The van der Waals surface area contributed by atoms with Gasteiger partial charge in [-0.15, -0.1) is 0 Å². The van der Waals surface area contributed by atoms with Crippen molar-refractivity contribution in [3.63, 3.8) is 0 Å². The Morgan fingerprint density at radius 1 is 1.00 bits per heavy atom. The molecule has 1 aliphatic carbocycles. The number of allylic oxidation sites excluding steroid dienone is 4. The fourth-order valence-electron chi connectivity index (χ4n) is 3.35. The summed E-state index contributed by atoms with van der Waals surface area (Å²) in [4.78, 5) is 0. The molecular weight excluding hydrogens is 196 g/mol. The zero-order valence-electron chi connectivity index (χ0n) is 11.8. The molecule has 1 heteroatoms. The summed E-state index contributed by atoms with van der Waals surface area (Å²) < 4.78 is 0. The maximum absolute atomic E-state index is 10.4. The first kappa shape index (κ1) is 13.3. The highest BCUT2D eigenvalue weighted by Gasteiger charge is 2.54. The first-order valence-electron chi connectivity index (χ1n) is 6.09. The van der Waals surface area contributed by atoms with E-state index in [4.69, 9.17) is 0 Å². The van der Waals surface area contributed by atoms with Gasteiger partial charge in [0.1, 0.15) is 0 Å². The van der Waals surface area contributed by atoms with Gasteiger partial charge in [-0.05, 0) is 30.3 Å². The molecule has 1 rings (SSSR count). The lowest BCUT2D eigenvalue weighted by atomic mass is 9.50. The zero-order chi connectivity index (χ0) is 12.8. The molecular formula is C15H26O. The van der Waals surface area contributed by atoms with E-state index in [0.717, 1.165) is 6.42 Å². The molecule has 16 heavy (non-hydrogen) atoms. The molecule has 0 aromatic heterocycles. The van der Waals surface area contributed by atoms with E-state index in [1.807, 2.05) is 12.2 Å². The number of hydrogen-bond donors (Lipinski definition) is 1. The van der Waals surface area contributed by atoms with Crippen molar-refractivity contribution in [2.75, 3.05) is 0 Å². The van der Waals surface area contributed by atoms with Crippen LogP contribution in [-0.2, 0) is 0 Å². The van der Waals surface area contributed by atoms with Gasteiger partial charge in [0.15, 0.2) is 0 Å². The smallest absolute Gasteiger partial charge is 0.0997 e. The third-order valence-corrected chi connectivity index (χ3v) is 4.07. The Labute approximate surface area is 100 Å². The van der Waals surface area contributed by atoms with Crippen LogP contribution in [0.1, 0.15) is 54.9 Å². The van der Waals surface area contributed by atoms with Gasteiger partial charge in [-0.25, -0.2) is 0 Å². The van der Waals surface area contributed by atoms with Crippen LogP contribution in [0.25, 0.3) is 0 Å². The Bertz CT molecular complexity index is 317. The zero-order valence-corrected chi connectivity index (χ0v) is 11.8. The summed E-state index contributed by atoms with van der Waals surface area (Å²) in [5.41, 5.74) is 1.27. The maximum Gasteiger partial charge on any atom is 0.0997 e. The van der Waals surface area contributed by atoms with Crippen LogP contribution in [0.3, 0.4) is 0 Å². The summed E-state index contributed by atoms with van der Waals surface area (Å²) in [7, 11) is 0. The van der Waals surface area contributed by atoms with Crippen LogP contribution in [0.2, 0.25) is 0 Å². The normalized spacial score (nSPS) is 21.4. The Morgan fingerprint density at radius 3 is 1.75 bits per heavy atom. The molecule has 0 unspecified atom stereocenters. The summed E-state index contributed by atoms with van der Waals surface area (Å²) in [5.74, 6) is 0.540. The van der Waals surface area contributed by atoms with Gasteiger partial charge in [0, 0.05) is 5.41 Å². The van der Waals surface area contributed by atoms with E-state index in [9.17, 15) is 5.11 Å². The van der Waals surface area contributed by atoms with E-state index in [1.165, 1.54) is 5.57 Å². The monoisotopic (exact) mass is 222 g/mol. The van der Waals surface area contributed by atoms with E-state index < -0.39 is 0 Å². The molecule has 0 radical (unpaired) electrons. The first-order chi connectivity index (χ1) is 7.02. The lowest BCUT2D eigenvalue weighted by Gasteiger charge is -2.54. The van der Waals surface area contributed by atoms with Crippen molar-refractivity contribution in [1.82, 2.24) is 0 Å². The highest BCUT2D eigenvalue weighted by atomic mass is 16.3. The summed E-state index contributed by atoms with van der Waals surface area (Å²) in [6.45, 7) is 15.5. The fourth-order valence-corrected chi connectivity index (χ4v) is 3.35. The molecule has 0 aromatic rings. The van der Waals surface area contributed by atoms with Crippen molar-refractivity contribution in [2.24, 2.45) is 16.2 Å².